The molecular weight excluding hydrogens is 256 g/mol. The van der Waals surface area contributed by atoms with Crippen molar-refractivity contribution < 1.29 is 9.90 Å². The molecule has 0 aliphatic carbocycles. The van der Waals surface area contributed by atoms with E-state index in [0.717, 1.165) is 24.5 Å². The zero-order valence-corrected chi connectivity index (χ0v) is 11.9. The van der Waals surface area contributed by atoms with Crippen molar-refractivity contribution in [2.75, 3.05) is 36.1 Å². The molecule has 4 nitrogen and oxygen atoms in total. The van der Waals surface area contributed by atoms with Crippen LogP contribution >= 0.6 is 23.5 Å². The van der Waals surface area contributed by atoms with Crippen molar-refractivity contribution in [3.63, 3.8) is 0 Å². The van der Waals surface area contributed by atoms with Gasteiger partial charge in [-0.15, -0.1) is 0 Å². The lowest BCUT2D eigenvalue weighted by Crippen LogP contribution is -2.43. The number of hydrogen-bond donors (Lipinski definition) is 3. The Morgan fingerprint density at radius 3 is 2.53 bits per heavy atom. The number of thioether (sulfide) groups is 2. The average molecular weight is 278 g/mol. The maximum absolute atomic E-state index is 11.0. The number of carboxylic acids is 1. The molecule has 100 valence electrons. The van der Waals surface area contributed by atoms with Gasteiger partial charge < -0.3 is 15.7 Å². The number of aliphatic carboxylic acids is 1. The fourth-order valence-electron chi connectivity index (χ4n) is 1.57. The van der Waals surface area contributed by atoms with E-state index in [1.807, 2.05) is 11.8 Å². The van der Waals surface area contributed by atoms with Gasteiger partial charge in [0.15, 0.2) is 0 Å². The molecule has 0 aromatic heterocycles. The Morgan fingerprint density at radius 2 is 1.82 bits per heavy atom. The molecule has 6 heteroatoms. The lowest BCUT2D eigenvalue weighted by molar-refractivity contribution is -0.138. The predicted octanol–water partition coefficient (Wildman–Crippen LogP) is 0.877. The van der Waals surface area contributed by atoms with E-state index in [4.69, 9.17) is 5.11 Å². The van der Waals surface area contributed by atoms with Gasteiger partial charge in [0.05, 0.1) is 0 Å². The number of hydrogen-bond acceptors (Lipinski definition) is 5. The highest BCUT2D eigenvalue weighted by molar-refractivity contribution is 8.00. The van der Waals surface area contributed by atoms with Crippen LogP contribution in [-0.4, -0.2) is 59.3 Å². The highest BCUT2D eigenvalue weighted by Gasteiger charge is 2.16. The molecule has 0 spiro atoms. The Labute approximate surface area is 112 Å². The van der Waals surface area contributed by atoms with Crippen molar-refractivity contribution in [3.05, 3.63) is 0 Å². The van der Waals surface area contributed by atoms with Crippen molar-refractivity contribution in [2.24, 2.45) is 0 Å². The molecule has 0 radical (unpaired) electrons. The van der Waals surface area contributed by atoms with Crippen LogP contribution in [0.5, 0.6) is 0 Å². The van der Waals surface area contributed by atoms with Crippen molar-refractivity contribution in [2.45, 2.75) is 25.4 Å². The van der Waals surface area contributed by atoms with Crippen LogP contribution in [0.4, 0.5) is 0 Å². The summed E-state index contributed by atoms with van der Waals surface area (Å²) in [6.45, 7) is 3.72. The van der Waals surface area contributed by atoms with E-state index >= 15 is 0 Å². The van der Waals surface area contributed by atoms with Gasteiger partial charge >= 0.3 is 5.97 Å². The molecule has 1 aliphatic heterocycles. The van der Waals surface area contributed by atoms with Gasteiger partial charge in [0.1, 0.15) is 6.04 Å². The van der Waals surface area contributed by atoms with Crippen molar-refractivity contribution >= 4 is 29.5 Å². The molecule has 0 saturated carbocycles. The van der Waals surface area contributed by atoms with Gasteiger partial charge in [0.2, 0.25) is 0 Å². The highest BCUT2D eigenvalue weighted by Crippen LogP contribution is 2.11. The van der Waals surface area contributed by atoms with Crippen LogP contribution in [-0.2, 0) is 4.79 Å². The molecule has 1 heterocycles. The summed E-state index contributed by atoms with van der Waals surface area (Å²) < 4.78 is 0. The molecular formula is C11H22N2O2S2. The Hall–Kier alpha value is 0.0900. The smallest absolute Gasteiger partial charge is 0.321 e. The molecule has 0 aromatic carbocycles. The van der Waals surface area contributed by atoms with E-state index < -0.39 is 12.0 Å². The third-order valence-electron chi connectivity index (χ3n) is 2.54. The number of nitrogens with one attached hydrogen (secondary N) is 2. The minimum Gasteiger partial charge on any atom is -0.480 e. The lowest BCUT2D eigenvalue weighted by Gasteiger charge is -2.15. The van der Waals surface area contributed by atoms with Crippen LogP contribution in [0.25, 0.3) is 0 Å². The molecule has 0 amide bonds. The number of rotatable bonds is 1. The van der Waals surface area contributed by atoms with E-state index in [2.05, 4.69) is 17.6 Å². The van der Waals surface area contributed by atoms with E-state index in [1.165, 1.54) is 5.75 Å². The van der Waals surface area contributed by atoms with Crippen LogP contribution in [0.3, 0.4) is 0 Å². The summed E-state index contributed by atoms with van der Waals surface area (Å²) in [7, 11) is 0. The molecule has 2 unspecified atom stereocenters. The topological polar surface area (TPSA) is 61.4 Å². The normalized spacial score (nSPS) is 29.7. The summed E-state index contributed by atoms with van der Waals surface area (Å²) in [4.78, 5) is 11.0. The summed E-state index contributed by atoms with van der Waals surface area (Å²) in [5.74, 6) is 3.28. The van der Waals surface area contributed by atoms with Gasteiger partial charge in [-0.1, -0.05) is 0 Å². The van der Waals surface area contributed by atoms with E-state index in [9.17, 15) is 4.79 Å². The molecule has 3 N–H and O–H groups in total. The minimum absolute atomic E-state index is 0.412. The molecule has 1 fully saturated rings. The van der Waals surface area contributed by atoms with Crippen LogP contribution in [0.15, 0.2) is 0 Å². The van der Waals surface area contributed by atoms with E-state index in [1.54, 1.807) is 11.8 Å². The maximum Gasteiger partial charge on any atom is 0.321 e. The van der Waals surface area contributed by atoms with Crippen LogP contribution in [0, 0.1) is 0 Å². The monoisotopic (exact) mass is 278 g/mol. The molecule has 17 heavy (non-hydrogen) atoms. The zero-order chi connectivity index (χ0) is 12.5. The van der Waals surface area contributed by atoms with Gasteiger partial charge in [0, 0.05) is 30.6 Å². The van der Waals surface area contributed by atoms with Gasteiger partial charge in [-0.05, 0) is 24.9 Å². The first kappa shape index (κ1) is 15.1. The molecule has 1 aliphatic rings. The predicted molar refractivity (Wildman–Crippen MR) is 76.2 cm³/mol. The van der Waals surface area contributed by atoms with E-state index in [0.29, 0.717) is 18.3 Å². The minimum atomic E-state index is -0.741. The second-order valence-corrected chi connectivity index (χ2v) is 6.50. The van der Waals surface area contributed by atoms with Gasteiger partial charge in [-0.25, -0.2) is 0 Å². The Bertz CT molecular complexity index is 230. The molecule has 0 bridgehead atoms. The third kappa shape index (κ3) is 7.18. The standard InChI is InChI=1S/C11H22N2O2S2/c1-9-7-16-5-2-6-17-8-10(11(14)15)13-4-3-12-9/h9-10,12-13H,2-8H2,1H3,(H,14,15). The van der Waals surface area contributed by atoms with Crippen molar-refractivity contribution in [3.8, 4) is 0 Å². The molecule has 1 rings (SSSR count). The van der Waals surface area contributed by atoms with Crippen LogP contribution in [0.2, 0.25) is 0 Å². The molecule has 0 aromatic rings. The zero-order valence-electron chi connectivity index (χ0n) is 10.3. The highest BCUT2D eigenvalue weighted by atomic mass is 32.2. The lowest BCUT2D eigenvalue weighted by atomic mass is 10.3. The van der Waals surface area contributed by atoms with E-state index in [-0.39, 0.29) is 0 Å². The second-order valence-electron chi connectivity index (χ2n) is 4.20. The Morgan fingerprint density at radius 1 is 1.18 bits per heavy atom. The maximum atomic E-state index is 11.0. The average Bonchev–Trinajstić information content (AvgIpc) is 2.30. The first-order chi connectivity index (χ1) is 8.20. The third-order valence-corrected chi connectivity index (χ3v) is 5.00. The SMILES string of the molecule is CC1CSCCCSCC(C(=O)O)NCCN1. The summed E-state index contributed by atoms with van der Waals surface area (Å²) in [5, 5.41) is 15.5. The van der Waals surface area contributed by atoms with Gasteiger partial charge in [-0.2, -0.15) is 23.5 Å². The molecule has 2 atom stereocenters. The summed E-state index contributed by atoms with van der Waals surface area (Å²) in [6, 6.07) is 0.0870. The van der Waals surface area contributed by atoms with Crippen LogP contribution in [0.1, 0.15) is 13.3 Å². The van der Waals surface area contributed by atoms with Crippen LogP contribution < -0.4 is 10.6 Å². The Kier molecular flexibility index (Phi) is 8.09. The quantitative estimate of drug-likeness (QED) is 0.662. The molecule has 1 saturated heterocycles. The fraction of sp³-hybridized carbons (Fsp3) is 0.909. The fourth-order valence-corrected chi connectivity index (χ4v) is 3.75. The number of carboxylic acid groups (broad SMARTS) is 1. The van der Waals surface area contributed by atoms with Crippen molar-refractivity contribution in [1.29, 1.82) is 0 Å². The first-order valence-electron chi connectivity index (χ1n) is 6.05. The van der Waals surface area contributed by atoms with Gasteiger partial charge in [0.25, 0.3) is 0 Å². The first-order valence-corrected chi connectivity index (χ1v) is 8.36. The second kappa shape index (κ2) is 9.08. The summed E-state index contributed by atoms with van der Waals surface area (Å²) in [5.41, 5.74) is 0. The summed E-state index contributed by atoms with van der Waals surface area (Å²) >= 11 is 3.71. The Balaban J connectivity index is 2.35. The largest absolute Gasteiger partial charge is 0.480 e. The van der Waals surface area contributed by atoms with Gasteiger partial charge in [-0.3, -0.25) is 4.79 Å². The number of carbonyl (C=O) groups is 1. The van der Waals surface area contributed by atoms with Crippen molar-refractivity contribution in [1.82, 2.24) is 10.6 Å². The summed E-state index contributed by atoms with van der Waals surface area (Å²) in [6.07, 6.45) is 1.16.